The maximum absolute atomic E-state index is 5.62. The number of thioether (sulfide) groups is 1. The molecule has 0 aliphatic heterocycles. The van der Waals surface area contributed by atoms with Gasteiger partial charge in [-0.2, -0.15) is 0 Å². The summed E-state index contributed by atoms with van der Waals surface area (Å²) in [4.78, 5) is 4.22. The highest BCUT2D eigenvalue weighted by atomic mass is 32.2. The van der Waals surface area contributed by atoms with E-state index in [4.69, 9.17) is 10.5 Å². The molecule has 0 atom stereocenters. The van der Waals surface area contributed by atoms with Crippen molar-refractivity contribution < 1.29 is 4.74 Å². The molecule has 1 aromatic rings. The Morgan fingerprint density at radius 2 is 2.06 bits per heavy atom. The molecule has 0 heterocycles. The first-order valence-electron chi connectivity index (χ1n) is 5.37. The third-order valence-corrected chi connectivity index (χ3v) is 2.56. The Morgan fingerprint density at radius 3 is 2.62 bits per heavy atom. The van der Waals surface area contributed by atoms with Crippen LogP contribution in [0.1, 0.15) is 19.8 Å². The van der Waals surface area contributed by atoms with Gasteiger partial charge in [-0.25, -0.2) is 4.99 Å². The second-order valence-corrected chi connectivity index (χ2v) is 4.18. The number of nitrogens with zero attached hydrogens (tertiary/aromatic N) is 1. The molecule has 3 nitrogen and oxygen atoms in total. The van der Waals surface area contributed by atoms with Crippen LogP contribution in [0.15, 0.2) is 29.3 Å². The van der Waals surface area contributed by atoms with E-state index in [9.17, 15) is 0 Å². The first-order chi connectivity index (χ1) is 7.76. The van der Waals surface area contributed by atoms with Crippen molar-refractivity contribution in [3.05, 3.63) is 24.3 Å². The Kier molecular flexibility index (Phi) is 5.78. The van der Waals surface area contributed by atoms with Gasteiger partial charge in [-0.3, -0.25) is 0 Å². The molecule has 0 bridgehead atoms. The molecule has 0 saturated heterocycles. The third kappa shape index (κ3) is 4.57. The summed E-state index contributed by atoms with van der Waals surface area (Å²) in [5, 5.41) is 0.569. The molecule has 1 rings (SSSR count). The molecule has 2 N–H and O–H groups in total. The van der Waals surface area contributed by atoms with Crippen molar-refractivity contribution in [2.45, 2.75) is 19.8 Å². The zero-order valence-electron chi connectivity index (χ0n) is 9.77. The SMILES string of the molecule is CCCCOc1ccc(N=C(N)SC)cc1. The molecule has 0 saturated carbocycles. The van der Waals surface area contributed by atoms with Gasteiger partial charge < -0.3 is 10.5 Å². The van der Waals surface area contributed by atoms with Gasteiger partial charge in [0.05, 0.1) is 12.3 Å². The Hall–Kier alpha value is -1.16. The summed E-state index contributed by atoms with van der Waals surface area (Å²) in [6, 6.07) is 7.65. The molecule has 0 amide bonds. The van der Waals surface area contributed by atoms with Crippen LogP contribution in [0.3, 0.4) is 0 Å². The van der Waals surface area contributed by atoms with E-state index in [-0.39, 0.29) is 0 Å². The molecule has 0 radical (unpaired) electrons. The Balaban J connectivity index is 2.54. The van der Waals surface area contributed by atoms with Gasteiger partial charge in [-0.1, -0.05) is 25.1 Å². The molecule has 0 aliphatic carbocycles. The molecular formula is C12H18N2OS. The Labute approximate surface area is 101 Å². The first kappa shape index (κ1) is 12.9. The van der Waals surface area contributed by atoms with E-state index in [1.54, 1.807) is 0 Å². The smallest absolute Gasteiger partial charge is 0.158 e. The minimum absolute atomic E-state index is 0.569. The summed E-state index contributed by atoms with van der Waals surface area (Å²) in [5.74, 6) is 0.884. The number of ether oxygens (including phenoxy) is 1. The van der Waals surface area contributed by atoms with Gasteiger partial charge in [0.2, 0.25) is 0 Å². The van der Waals surface area contributed by atoms with E-state index in [1.165, 1.54) is 11.8 Å². The lowest BCUT2D eigenvalue weighted by atomic mass is 10.3. The van der Waals surface area contributed by atoms with Gasteiger partial charge >= 0.3 is 0 Å². The van der Waals surface area contributed by atoms with Crippen molar-refractivity contribution in [2.24, 2.45) is 10.7 Å². The molecule has 88 valence electrons. The van der Waals surface area contributed by atoms with Crippen LogP contribution in [0.2, 0.25) is 0 Å². The average Bonchev–Trinajstić information content (AvgIpc) is 2.31. The van der Waals surface area contributed by atoms with Gasteiger partial charge in [0.15, 0.2) is 5.17 Å². The fourth-order valence-corrected chi connectivity index (χ4v) is 1.32. The topological polar surface area (TPSA) is 47.6 Å². The van der Waals surface area contributed by atoms with Crippen LogP contribution in [-0.4, -0.2) is 18.0 Å². The standard InChI is InChI=1S/C12H18N2OS/c1-3-4-9-15-11-7-5-10(6-8-11)14-12(13)16-2/h5-8H,3-4,9H2,1-2H3,(H2,13,14). The fourth-order valence-electron chi connectivity index (χ4n) is 1.12. The molecule has 0 unspecified atom stereocenters. The quantitative estimate of drug-likeness (QED) is 0.487. The predicted octanol–water partition coefficient (Wildman–Crippen LogP) is 3.17. The average molecular weight is 238 g/mol. The van der Waals surface area contributed by atoms with Gasteiger partial charge in [0.25, 0.3) is 0 Å². The lowest BCUT2D eigenvalue weighted by molar-refractivity contribution is 0.309. The molecule has 16 heavy (non-hydrogen) atoms. The molecule has 0 aromatic heterocycles. The predicted molar refractivity (Wildman–Crippen MR) is 71.6 cm³/mol. The maximum atomic E-state index is 5.62. The van der Waals surface area contributed by atoms with E-state index < -0.39 is 0 Å². The number of nitrogens with two attached hydrogens (primary N) is 1. The molecule has 0 spiro atoms. The maximum Gasteiger partial charge on any atom is 0.158 e. The van der Waals surface area contributed by atoms with Crippen LogP contribution in [-0.2, 0) is 0 Å². The zero-order valence-corrected chi connectivity index (χ0v) is 10.6. The van der Waals surface area contributed by atoms with Crippen molar-refractivity contribution in [3.8, 4) is 5.75 Å². The van der Waals surface area contributed by atoms with E-state index >= 15 is 0 Å². The number of aliphatic imine (C=N–C) groups is 1. The minimum atomic E-state index is 0.569. The van der Waals surface area contributed by atoms with Crippen LogP contribution < -0.4 is 10.5 Å². The number of unbranched alkanes of at least 4 members (excludes halogenated alkanes) is 1. The molecular weight excluding hydrogens is 220 g/mol. The second-order valence-electron chi connectivity index (χ2n) is 3.35. The van der Waals surface area contributed by atoms with Crippen molar-refractivity contribution >= 4 is 22.6 Å². The lowest BCUT2D eigenvalue weighted by Gasteiger charge is -2.05. The van der Waals surface area contributed by atoms with Gasteiger partial charge in [0, 0.05) is 0 Å². The van der Waals surface area contributed by atoms with E-state index in [0.29, 0.717) is 5.17 Å². The van der Waals surface area contributed by atoms with E-state index in [1.807, 2.05) is 30.5 Å². The van der Waals surface area contributed by atoms with Gasteiger partial charge in [-0.05, 0) is 36.9 Å². The van der Waals surface area contributed by atoms with Crippen LogP contribution >= 0.6 is 11.8 Å². The molecule has 1 aromatic carbocycles. The highest BCUT2D eigenvalue weighted by molar-refractivity contribution is 8.13. The zero-order chi connectivity index (χ0) is 11.8. The highest BCUT2D eigenvalue weighted by Crippen LogP contribution is 2.19. The van der Waals surface area contributed by atoms with Crippen LogP contribution in [0.25, 0.3) is 0 Å². The second kappa shape index (κ2) is 7.17. The van der Waals surface area contributed by atoms with E-state index in [2.05, 4.69) is 11.9 Å². The first-order valence-corrected chi connectivity index (χ1v) is 6.59. The van der Waals surface area contributed by atoms with Crippen LogP contribution in [0, 0.1) is 0 Å². The molecule has 0 aliphatic rings. The summed E-state index contributed by atoms with van der Waals surface area (Å²) >= 11 is 1.44. The number of hydrogen-bond donors (Lipinski definition) is 1. The number of benzene rings is 1. The summed E-state index contributed by atoms with van der Waals surface area (Å²) in [7, 11) is 0. The third-order valence-electron chi connectivity index (χ3n) is 2.05. The molecule has 4 heteroatoms. The van der Waals surface area contributed by atoms with Crippen molar-refractivity contribution in [1.82, 2.24) is 0 Å². The highest BCUT2D eigenvalue weighted by Gasteiger charge is 1.95. The van der Waals surface area contributed by atoms with E-state index in [0.717, 1.165) is 30.9 Å². The Morgan fingerprint density at radius 1 is 1.38 bits per heavy atom. The van der Waals surface area contributed by atoms with Crippen molar-refractivity contribution in [2.75, 3.05) is 12.9 Å². The largest absolute Gasteiger partial charge is 0.494 e. The minimum Gasteiger partial charge on any atom is -0.494 e. The fraction of sp³-hybridized carbons (Fsp3) is 0.417. The van der Waals surface area contributed by atoms with Crippen LogP contribution in [0.5, 0.6) is 5.75 Å². The molecule has 0 fully saturated rings. The van der Waals surface area contributed by atoms with Gasteiger partial charge in [-0.15, -0.1) is 0 Å². The van der Waals surface area contributed by atoms with Crippen molar-refractivity contribution in [1.29, 1.82) is 0 Å². The van der Waals surface area contributed by atoms with Gasteiger partial charge in [0.1, 0.15) is 5.75 Å². The lowest BCUT2D eigenvalue weighted by Crippen LogP contribution is -2.04. The number of hydrogen-bond acceptors (Lipinski definition) is 3. The van der Waals surface area contributed by atoms with Crippen molar-refractivity contribution in [3.63, 3.8) is 0 Å². The summed E-state index contributed by atoms with van der Waals surface area (Å²) in [6.07, 6.45) is 4.13. The number of rotatable bonds is 5. The summed E-state index contributed by atoms with van der Waals surface area (Å²) in [5.41, 5.74) is 6.48. The van der Waals surface area contributed by atoms with Crippen LogP contribution in [0.4, 0.5) is 5.69 Å². The summed E-state index contributed by atoms with van der Waals surface area (Å²) < 4.78 is 5.55. The monoisotopic (exact) mass is 238 g/mol. The summed E-state index contributed by atoms with van der Waals surface area (Å²) in [6.45, 7) is 2.92. The number of amidine groups is 1. The normalized spacial score (nSPS) is 11.5. The Bertz CT molecular complexity index is 335.